The van der Waals surface area contributed by atoms with E-state index in [1.165, 1.54) is 51.4 Å². The van der Waals surface area contributed by atoms with Crippen LogP contribution in [0.15, 0.2) is 0 Å². The van der Waals surface area contributed by atoms with Crippen molar-refractivity contribution in [2.24, 2.45) is 23.5 Å². The highest BCUT2D eigenvalue weighted by Gasteiger charge is 2.29. The van der Waals surface area contributed by atoms with Gasteiger partial charge >= 0.3 is 0 Å². The van der Waals surface area contributed by atoms with E-state index in [0.29, 0.717) is 29.7 Å². The third kappa shape index (κ3) is 3.97. The van der Waals surface area contributed by atoms with Crippen molar-refractivity contribution in [3.63, 3.8) is 0 Å². The molecule has 0 aromatic carbocycles. The summed E-state index contributed by atoms with van der Waals surface area (Å²) in [7, 11) is 2.03. The summed E-state index contributed by atoms with van der Waals surface area (Å²) in [5.74, 6) is 2.36. The van der Waals surface area contributed by atoms with Gasteiger partial charge in [0.2, 0.25) is 5.91 Å². The molecule has 0 saturated heterocycles. The summed E-state index contributed by atoms with van der Waals surface area (Å²) in [5.41, 5.74) is 5.74. The van der Waals surface area contributed by atoms with Crippen molar-refractivity contribution in [1.29, 1.82) is 0 Å². The second-order valence-corrected chi connectivity index (χ2v) is 7.16. The van der Waals surface area contributed by atoms with Crippen LogP contribution in [0, 0.1) is 17.8 Å². The molecular formula is C17H32N2O. The van der Waals surface area contributed by atoms with Crippen LogP contribution in [0.1, 0.15) is 64.7 Å². The summed E-state index contributed by atoms with van der Waals surface area (Å²) >= 11 is 0. The first-order valence-electron chi connectivity index (χ1n) is 8.57. The van der Waals surface area contributed by atoms with Crippen LogP contribution in [-0.2, 0) is 4.79 Å². The highest BCUT2D eigenvalue weighted by Crippen LogP contribution is 2.32. The van der Waals surface area contributed by atoms with Crippen molar-refractivity contribution in [2.75, 3.05) is 13.6 Å². The number of carbonyl (C=O) groups is 1. The zero-order chi connectivity index (χ0) is 14.5. The Labute approximate surface area is 124 Å². The fourth-order valence-corrected chi connectivity index (χ4v) is 4.12. The van der Waals surface area contributed by atoms with Gasteiger partial charge in [0.25, 0.3) is 0 Å². The molecule has 0 heterocycles. The van der Waals surface area contributed by atoms with Crippen LogP contribution >= 0.6 is 0 Å². The highest BCUT2D eigenvalue weighted by atomic mass is 16.2. The van der Waals surface area contributed by atoms with Gasteiger partial charge in [0, 0.05) is 19.5 Å². The first kappa shape index (κ1) is 15.8. The van der Waals surface area contributed by atoms with Crippen LogP contribution in [0.25, 0.3) is 0 Å². The summed E-state index contributed by atoms with van der Waals surface area (Å²) in [6, 6.07) is 0.483. The lowest BCUT2D eigenvalue weighted by Gasteiger charge is -2.37. The van der Waals surface area contributed by atoms with Gasteiger partial charge in [-0.15, -0.1) is 0 Å². The second-order valence-electron chi connectivity index (χ2n) is 7.16. The summed E-state index contributed by atoms with van der Waals surface area (Å²) in [6.07, 6.45) is 10.7. The molecule has 116 valence electrons. The topological polar surface area (TPSA) is 46.3 Å². The molecule has 2 aliphatic carbocycles. The summed E-state index contributed by atoms with van der Waals surface area (Å²) < 4.78 is 0. The van der Waals surface area contributed by atoms with E-state index in [4.69, 9.17) is 5.73 Å². The van der Waals surface area contributed by atoms with E-state index in [0.717, 1.165) is 13.0 Å². The molecule has 2 N–H and O–H groups in total. The molecule has 20 heavy (non-hydrogen) atoms. The van der Waals surface area contributed by atoms with Gasteiger partial charge in [-0.1, -0.05) is 19.8 Å². The van der Waals surface area contributed by atoms with Gasteiger partial charge in [0.1, 0.15) is 0 Å². The van der Waals surface area contributed by atoms with Crippen LogP contribution in [0.2, 0.25) is 0 Å². The molecule has 0 spiro atoms. The molecule has 0 radical (unpaired) electrons. The Bertz CT molecular complexity index is 310. The maximum absolute atomic E-state index is 12.5. The Morgan fingerprint density at radius 2 is 1.65 bits per heavy atom. The monoisotopic (exact) mass is 280 g/mol. The summed E-state index contributed by atoms with van der Waals surface area (Å²) in [6.45, 7) is 3.13. The minimum Gasteiger partial charge on any atom is -0.343 e. The quantitative estimate of drug-likeness (QED) is 0.859. The molecule has 1 amide bonds. The zero-order valence-corrected chi connectivity index (χ0v) is 13.3. The van der Waals surface area contributed by atoms with Gasteiger partial charge in [-0.2, -0.15) is 0 Å². The third-order valence-corrected chi connectivity index (χ3v) is 5.72. The van der Waals surface area contributed by atoms with E-state index in [9.17, 15) is 4.79 Å². The van der Waals surface area contributed by atoms with Crippen molar-refractivity contribution >= 4 is 5.91 Å². The maximum atomic E-state index is 12.5. The number of carbonyl (C=O) groups excluding carboxylic acids is 1. The SMILES string of the molecule is CC1CCCCC1N(C)C(=O)CC1CCC(CN)CC1. The van der Waals surface area contributed by atoms with E-state index in [1.54, 1.807) is 0 Å². The number of rotatable bonds is 4. The molecule has 0 aromatic heterocycles. The largest absolute Gasteiger partial charge is 0.343 e. The van der Waals surface area contributed by atoms with Crippen molar-refractivity contribution in [3.8, 4) is 0 Å². The Morgan fingerprint density at radius 3 is 2.25 bits per heavy atom. The molecule has 2 saturated carbocycles. The summed E-state index contributed by atoms with van der Waals surface area (Å²) in [4.78, 5) is 14.6. The van der Waals surface area contributed by atoms with E-state index in [1.807, 2.05) is 7.05 Å². The van der Waals surface area contributed by atoms with Gasteiger partial charge < -0.3 is 10.6 Å². The molecule has 3 nitrogen and oxygen atoms in total. The smallest absolute Gasteiger partial charge is 0.222 e. The molecular weight excluding hydrogens is 248 g/mol. The number of amides is 1. The number of nitrogens with two attached hydrogens (primary N) is 1. The number of hydrogen-bond donors (Lipinski definition) is 1. The standard InChI is InChI=1S/C17H32N2O/c1-13-5-3-4-6-16(13)19(2)17(20)11-14-7-9-15(12-18)10-8-14/h13-16H,3-12,18H2,1-2H3. The fourth-order valence-electron chi connectivity index (χ4n) is 4.12. The van der Waals surface area contributed by atoms with Gasteiger partial charge in [0.05, 0.1) is 0 Å². The van der Waals surface area contributed by atoms with Crippen molar-refractivity contribution in [3.05, 3.63) is 0 Å². The lowest BCUT2D eigenvalue weighted by atomic mass is 9.80. The second kappa shape index (κ2) is 7.44. The lowest BCUT2D eigenvalue weighted by molar-refractivity contribution is -0.134. The Kier molecular flexibility index (Phi) is 5.88. The number of hydrogen-bond acceptors (Lipinski definition) is 2. The highest BCUT2D eigenvalue weighted by molar-refractivity contribution is 5.76. The van der Waals surface area contributed by atoms with Gasteiger partial charge in [-0.05, 0) is 62.8 Å². The predicted molar refractivity (Wildman–Crippen MR) is 83.3 cm³/mol. The van der Waals surface area contributed by atoms with Crippen molar-refractivity contribution in [1.82, 2.24) is 4.90 Å². The Balaban J connectivity index is 1.79. The minimum absolute atomic E-state index is 0.375. The first-order chi connectivity index (χ1) is 9.61. The number of nitrogens with zero attached hydrogens (tertiary/aromatic N) is 1. The van der Waals surface area contributed by atoms with Crippen LogP contribution < -0.4 is 5.73 Å². The van der Waals surface area contributed by atoms with E-state index >= 15 is 0 Å². The third-order valence-electron chi connectivity index (χ3n) is 5.72. The minimum atomic E-state index is 0.375. The van der Waals surface area contributed by atoms with E-state index in [-0.39, 0.29) is 0 Å². The van der Waals surface area contributed by atoms with Crippen LogP contribution in [0.3, 0.4) is 0 Å². The molecule has 2 atom stereocenters. The molecule has 2 aliphatic rings. The van der Waals surface area contributed by atoms with E-state index < -0.39 is 0 Å². The molecule has 2 rings (SSSR count). The average Bonchev–Trinajstić information content (AvgIpc) is 2.48. The molecule has 2 fully saturated rings. The molecule has 3 heteroatoms. The van der Waals surface area contributed by atoms with Crippen LogP contribution in [-0.4, -0.2) is 30.4 Å². The fraction of sp³-hybridized carbons (Fsp3) is 0.941. The van der Waals surface area contributed by atoms with Gasteiger partial charge in [-0.25, -0.2) is 0 Å². The normalized spacial score (nSPS) is 34.8. The maximum Gasteiger partial charge on any atom is 0.222 e. The Hall–Kier alpha value is -0.570. The molecule has 2 unspecified atom stereocenters. The average molecular weight is 280 g/mol. The Morgan fingerprint density at radius 1 is 1.05 bits per heavy atom. The predicted octanol–water partition coefficient (Wildman–Crippen LogP) is 3.18. The molecule has 0 aromatic rings. The lowest BCUT2D eigenvalue weighted by Crippen LogP contribution is -2.43. The van der Waals surface area contributed by atoms with Crippen LogP contribution in [0.5, 0.6) is 0 Å². The van der Waals surface area contributed by atoms with Crippen LogP contribution in [0.4, 0.5) is 0 Å². The summed E-state index contributed by atoms with van der Waals surface area (Å²) in [5, 5.41) is 0. The van der Waals surface area contributed by atoms with Crippen molar-refractivity contribution < 1.29 is 4.79 Å². The van der Waals surface area contributed by atoms with Gasteiger partial charge in [0.15, 0.2) is 0 Å². The van der Waals surface area contributed by atoms with Gasteiger partial charge in [-0.3, -0.25) is 4.79 Å². The molecule has 0 bridgehead atoms. The molecule has 0 aliphatic heterocycles. The van der Waals surface area contributed by atoms with E-state index in [2.05, 4.69) is 11.8 Å². The van der Waals surface area contributed by atoms with Crippen molar-refractivity contribution in [2.45, 2.75) is 70.8 Å². The first-order valence-corrected chi connectivity index (χ1v) is 8.57. The zero-order valence-electron chi connectivity index (χ0n) is 13.3.